The van der Waals surface area contributed by atoms with Crippen LogP contribution in [0.1, 0.15) is 134 Å². The summed E-state index contributed by atoms with van der Waals surface area (Å²) in [5.41, 5.74) is 0.748. The number of amides is 3. The van der Waals surface area contributed by atoms with E-state index in [-0.39, 0.29) is 58.1 Å². The number of pyridine rings is 3. The Labute approximate surface area is 428 Å². The van der Waals surface area contributed by atoms with E-state index in [2.05, 4.69) is 52.2 Å². The number of hydrazine groups is 3. The molecule has 1 N–H and O–H groups in total. The van der Waals surface area contributed by atoms with Crippen molar-refractivity contribution in [2.75, 3.05) is 38.6 Å². The molecule has 5 saturated heterocycles. The molecule has 0 aliphatic carbocycles. The zero-order valence-electron chi connectivity index (χ0n) is 37.9. The smallest absolute Gasteiger partial charge is 0.252 e. The molecule has 6 unspecified atom stereocenters. The summed E-state index contributed by atoms with van der Waals surface area (Å²) < 4.78 is 82.8. The van der Waals surface area contributed by atoms with Crippen LogP contribution in [0.3, 0.4) is 0 Å². The fourth-order valence-corrected chi connectivity index (χ4v) is 10.3. The van der Waals surface area contributed by atoms with E-state index in [9.17, 15) is 40.7 Å². The van der Waals surface area contributed by atoms with Gasteiger partial charge in [-0.25, -0.2) is 41.8 Å². The number of aromatic nitrogens is 3. The third-order valence-electron chi connectivity index (χ3n) is 13.6. The Balaban J connectivity index is 0.000000225. The zero-order chi connectivity index (χ0) is 49.6. The Morgan fingerprint density at radius 2 is 1.23 bits per heavy atom. The van der Waals surface area contributed by atoms with E-state index in [1.54, 1.807) is 42.1 Å². The van der Waals surface area contributed by atoms with Crippen molar-refractivity contribution >= 4 is 61.2 Å². The summed E-state index contributed by atoms with van der Waals surface area (Å²) in [6.07, 6.45) is 5.66. The predicted molar refractivity (Wildman–Crippen MR) is 261 cm³/mol. The highest BCUT2D eigenvalue weighted by molar-refractivity contribution is 9.10. The number of hydrogen-bond acceptors (Lipinski definition) is 10. The van der Waals surface area contributed by atoms with Crippen molar-refractivity contribution in [2.45, 2.75) is 131 Å². The number of halogens is 9. The number of nitrogens with one attached hydrogen (secondary N) is 1. The van der Waals surface area contributed by atoms with Gasteiger partial charge in [0, 0.05) is 84.7 Å². The lowest BCUT2D eigenvalue weighted by atomic mass is 9.84. The van der Waals surface area contributed by atoms with E-state index >= 15 is 0 Å². The number of carbonyl (C=O) groups excluding carboxylic acids is 3. The summed E-state index contributed by atoms with van der Waals surface area (Å²) in [6.45, 7) is 7.19. The number of carbonyl (C=O) groups is 3. The highest BCUT2D eigenvalue weighted by Gasteiger charge is 2.53. The molecule has 3 aromatic heterocycles. The van der Waals surface area contributed by atoms with Gasteiger partial charge in [-0.3, -0.25) is 44.4 Å². The van der Waals surface area contributed by atoms with Crippen LogP contribution in [0.2, 0.25) is 0 Å². The molecule has 8 rings (SSSR count). The number of nitriles is 1. The Kier molecular flexibility index (Phi) is 21.1. The average molecular weight is 1140 g/mol. The number of nitrogens with zero attached hydrogens (tertiary/aromatic N) is 9. The van der Waals surface area contributed by atoms with Crippen LogP contribution in [0.25, 0.3) is 0 Å². The highest BCUT2D eigenvalue weighted by Crippen LogP contribution is 2.45. The normalized spacial score (nSPS) is 25.6. The number of fused-ring (bicyclic) bond motifs is 2. The Morgan fingerprint density at radius 1 is 0.771 bits per heavy atom. The van der Waals surface area contributed by atoms with Crippen molar-refractivity contribution in [3.05, 3.63) is 86.6 Å². The quantitative estimate of drug-likeness (QED) is 0.154. The van der Waals surface area contributed by atoms with Crippen molar-refractivity contribution in [3.63, 3.8) is 0 Å². The van der Waals surface area contributed by atoms with Crippen LogP contribution in [-0.2, 0) is 14.4 Å². The maximum Gasteiger partial charge on any atom is 0.252 e. The summed E-state index contributed by atoms with van der Waals surface area (Å²) in [5, 5.41) is 17.2. The number of rotatable bonds is 10. The lowest BCUT2D eigenvalue weighted by molar-refractivity contribution is -0.165. The number of hydrogen-bond donors (Lipinski definition) is 1. The van der Waals surface area contributed by atoms with Crippen LogP contribution in [0.4, 0.5) is 26.3 Å². The van der Waals surface area contributed by atoms with E-state index in [0.717, 1.165) is 32.1 Å². The summed E-state index contributed by atoms with van der Waals surface area (Å²) in [7, 11) is 0. The molecule has 70 heavy (non-hydrogen) atoms. The first-order valence-electron chi connectivity index (χ1n) is 22.5. The summed E-state index contributed by atoms with van der Waals surface area (Å²) in [6, 6.07) is 6.60. The zero-order valence-corrected chi connectivity index (χ0v) is 41.8. The fourth-order valence-electron chi connectivity index (χ4n) is 9.42. The molecule has 5 aliphatic heterocycles. The largest absolute Gasteiger partial charge is 0.273 e. The van der Waals surface area contributed by atoms with Crippen molar-refractivity contribution in [2.24, 2.45) is 16.2 Å². The van der Waals surface area contributed by atoms with Crippen molar-refractivity contribution < 1.29 is 40.7 Å². The van der Waals surface area contributed by atoms with Crippen LogP contribution in [0, 0.1) is 27.6 Å². The molecule has 5 aliphatic rings. The Hall–Kier alpha value is -3.94. The van der Waals surface area contributed by atoms with Gasteiger partial charge >= 0.3 is 0 Å². The van der Waals surface area contributed by atoms with Crippen LogP contribution in [0.15, 0.2) is 64.3 Å². The van der Waals surface area contributed by atoms with E-state index in [1.807, 2.05) is 28.2 Å². The van der Waals surface area contributed by atoms with Gasteiger partial charge in [-0.2, -0.15) is 5.26 Å². The third kappa shape index (κ3) is 12.4. The molecule has 0 spiro atoms. The molecular formula is C48H63Br2ClF6N10O3. The Bertz CT molecular complexity index is 2310. The molecule has 8 heterocycles. The summed E-state index contributed by atoms with van der Waals surface area (Å²) in [4.78, 5) is 50.7. The van der Waals surface area contributed by atoms with E-state index in [1.165, 1.54) is 37.0 Å². The molecular weight excluding hydrogens is 1070 g/mol. The first kappa shape index (κ1) is 58.6. The predicted octanol–water partition coefficient (Wildman–Crippen LogP) is 11.1. The van der Waals surface area contributed by atoms with Gasteiger partial charge in [-0.05, 0) is 145 Å². The molecule has 13 nitrogen and oxygen atoms in total. The minimum atomic E-state index is -2.75. The van der Waals surface area contributed by atoms with Crippen molar-refractivity contribution in [3.8, 4) is 6.07 Å². The molecule has 5 fully saturated rings. The van der Waals surface area contributed by atoms with Gasteiger partial charge in [0.25, 0.3) is 19.3 Å². The lowest BCUT2D eigenvalue weighted by Gasteiger charge is -2.35. The highest BCUT2D eigenvalue weighted by atomic mass is 79.9. The van der Waals surface area contributed by atoms with Gasteiger partial charge in [0.05, 0.1) is 23.7 Å². The number of alkyl halides is 7. The van der Waals surface area contributed by atoms with Gasteiger partial charge in [0.1, 0.15) is 22.3 Å². The topological polar surface area (TPSA) is 142 Å². The second-order valence-electron chi connectivity index (χ2n) is 18.3. The molecule has 0 bridgehead atoms. The van der Waals surface area contributed by atoms with Crippen LogP contribution >= 0.6 is 43.5 Å². The second kappa shape index (κ2) is 25.1. The monoisotopic (exact) mass is 1130 g/mol. The SMILES string of the molecule is C.C.CC(CCCCl)(C(=O)N1NCCC1c1cncc(Br)c1)C(F)F.CC1(C(F)F)CCCN2CCC(c3cncc(Br)c3)N2C1=O.CC1(C(F)F)CCCN2CCC(c3cncc(C#N)c3)N2C1=O. The second-order valence-corrected chi connectivity index (χ2v) is 20.6. The minimum Gasteiger partial charge on any atom is -0.273 e. The third-order valence-corrected chi connectivity index (χ3v) is 14.8. The van der Waals surface area contributed by atoms with Crippen molar-refractivity contribution in [1.82, 2.24) is 45.4 Å². The van der Waals surface area contributed by atoms with Crippen LogP contribution in [0.5, 0.6) is 0 Å². The summed E-state index contributed by atoms with van der Waals surface area (Å²) in [5.74, 6) is -1.35. The van der Waals surface area contributed by atoms with Gasteiger partial charge in [0.2, 0.25) is 17.7 Å². The Morgan fingerprint density at radius 3 is 1.66 bits per heavy atom. The van der Waals surface area contributed by atoms with Gasteiger partial charge < -0.3 is 0 Å². The van der Waals surface area contributed by atoms with Gasteiger partial charge in [-0.15, -0.1) is 11.6 Å². The molecule has 6 atom stereocenters. The standard InChI is InChI=1S/C16H18F2N4O.C15H19BrClF2N3O.C15H18BrF2N3O.2CH4/c1-16(14(17)18)4-2-5-21-6-3-13(22(21)15(16)23)12-7-11(8-19)9-20-10-12;1-15(13(18)19,4-2-5-17)14(23)22-12(3-6-21-22)10-7-11(16)9-20-8-10;1-15(13(17)18)4-2-5-20-6-3-12(21(20)14(15)22)10-7-11(16)9-19-8-10;;/h7,9-10,13-14H,2-6H2,1H3;7-9,12-13,21H,2-6H2,1H3;7-9,12-13H,2-6H2,1H3;2*1H4. The maximum atomic E-state index is 13.6. The molecule has 3 aromatic rings. The fraction of sp³-hybridized carbons (Fsp3) is 0.604. The average Bonchev–Trinajstić information content (AvgIpc) is 4.06. The molecule has 22 heteroatoms. The van der Waals surface area contributed by atoms with Gasteiger partial charge in [0.15, 0.2) is 0 Å². The van der Waals surface area contributed by atoms with Crippen LogP contribution < -0.4 is 5.43 Å². The van der Waals surface area contributed by atoms with Crippen molar-refractivity contribution in [1.29, 1.82) is 5.26 Å². The summed E-state index contributed by atoms with van der Waals surface area (Å²) >= 11 is 12.3. The maximum absolute atomic E-state index is 13.6. The van der Waals surface area contributed by atoms with E-state index in [4.69, 9.17) is 16.9 Å². The first-order valence-corrected chi connectivity index (χ1v) is 24.6. The molecule has 0 saturated carbocycles. The van der Waals surface area contributed by atoms with Crippen LogP contribution in [-0.4, -0.2) is 116 Å². The lowest BCUT2D eigenvalue weighted by Crippen LogP contribution is -2.50. The van der Waals surface area contributed by atoms with E-state index < -0.39 is 53.2 Å². The molecule has 0 aromatic carbocycles. The molecule has 386 valence electrons. The van der Waals surface area contributed by atoms with Gasteiger partial charge in [-0.1, -0.05) is 14.9 Å². The van der Waals surface area contributed by atoms with E-state index in [0.29, 0.717) is 70.4 Å². The minimum absolute atomic E-state index is 0. The molecule has 0 radical (unpaired) electrons. The first-order chi connectivity index (χ1) is 32.3. The molecule has 3 amide bonds.